The van der Waals surface area contributed by atoms with E-state index in [1.54, 1.807) is 6.92 Å². The standard InChI is InChI=1S/C21H20ClNO3S/c1-12(24)18-6-7-19(27-18)14-8-15-9-16(26-20(15)17(22)10-14)11-23-21(25)13-4-2-3-5-13/h4,6-8,10,16H,2-3,5,9,11H2,1H3,(H,23,25)/t16-/m0/s1. The molecule has 0 unspecified atom stereocenters. The molecule has 0 fully saturated rings. The quantitative estimate of drug-likeness (QED) is 0.732. The van der Waals surface area contributed by atoms with Crippen LogP contribution in [0, 0.1) is 0 Å². The number of hydrogen-bond acceptors (Lipinski definition) is 4. The molecule has 1 aliphatic carbocycles. The molecule has 1 atom stereocenters. The molecule has 0 saturated heterocycles. The van der Waals surface area contributed by atoms with Crippen molar-refractivity contribution >= 4 is 34.6 Å². The summed E-state index contributed by atoms with van der Waals surface area (Å²) in [5.41, 5.74) is 2.90. The number of Topliss-reactive ketones (excluding diaryl/α,β-unsaturated/α-hetero) is 1. The third kappa shape index (κ3) is 3.80. The number of amides is 1. The molecule has 2 aromatic rings. The van der Waals surface area contributed by atoms with Crippen molar-refractivity contribution in [2.24, 2.45) is 0 Å². The van der Waals surface area contributed by atoms with Gasteiger partial charge in [-0.05, 0) is 56.0 Å². The zero-order valence-electron chi connectivity index (χ0n) is 15.0. The van der Waals surface area contributed by atoms with E-state index in [2.05, 4.69) is 11.4 Å². The number of allylic oxidation sites excluding steroid dienone is 1. The van der Waals surface area contributed by atoms with Gasteiger partial charge in [0.2, 0.25) is 5.91 Å². The van der Waals surface area contributed by atoms with Gasteiger partial charge in [0.1, 0.15) is 11.9 Å². The lowest BCUT2D eigenvalue weighted by molar-refractivity contribution is -0.117. The zero-order valence-corrected chi connectivity index (χ0v) is 16.6. The van der Waals surface area contributed by atoms with E-state index in [-0.39, 0.29) is 17.8 Å². The van der Waals surface area contributed by atoms with Crippen LogP contribution in [-0.4, -0.2) is 24.3 Å². The SMILES string of the molecule is CC(=O)c1ccc(-c2cc(Cl)c3c(c2)C[C@@H](CNC(=O)C2=CCCC2)O3)s1. The van der Waals surface area contributed by atoms with E-state index >= 15 is 0 Å². The highest BCUT2D eigenvalue weighted by Gasteiger charge is 2.27. The Balaban J connectivity index is 1.46. The number of halogens is 1. The Morgan fingerprint density at radius 2 is 2.19 bits per heavy atom. The normalized spacial score (nSPS) is 18.0. The van der Waals surface area contributed by atoms with Gasteiger partial charge < -0.3 is 10.1 Å². The third-order valence-electron chi connectivity index (χ3n) is 4.91. The second-order valence-corrected chi connectivity index (χ2v) is 8.43. The van der Waals surface area contributed by atoms with E-state index in [9.17, 15) is 9.59 Å². The lowest BCUT2D eigenvalue weighted by Gasteiger charge is -2.12. The van der Waals surface area contributed by atoms with Crippen molar-refractivity contribution in [3.05, 3.63) is 51.4 Å². The second kappa shape index (κ2) is 7.49. The lowest BCUT2D eigenvalue weighted by atomic mass is 10.1. The Labute approximate surface area is 167 Å². The molecule has 0 saturated carbocycles. The molecule has 1 aromatic heterocycles. The highest BCUT2D eigenvalue weighted by molar-refractivity contribution is 7.17. The van der Waals surface area contributed by atoms with Crippen molar-refractivity contribution < 1.29 is 14.3 Å². The molecule has 6 heteroatoms. The fourth-order valence-electron chi connectivity index (χ4n) is 3.52. The number of thiophene rings is 1. The maximum Gasteiger partial charge on any atom is 0.247 e. The zero-order chi connectivity index (χ0) is 19.0. The Hall–Kier alpha value is -2.11. The summed E-state index contributed by atoms with van der Waals surface area (Å²) in [7, 11) is 0. The molecule has 2 aliphatic rings. The van der Waals surface area contributed by atoms with E-state index in [0.717, 1.165) is 45.7 Å². The van der Waals surface area contributed by atoms with Crippen molar-refractivity contribution in [3.8, 4) is 16.2 Å². The minimum absolute atomic E-state index is 0.00851. The Morgan fingerprint density at radius 3 is 2.89 bits per heavy atom. The minimum Gasteiger partial charge on any atom is -0.486 e. The van der Waals surface area contributed by atoms with Gasteiger partial charge >= 0.3 is 0 Å². The van der Waals surface area contributed by atoms with Crippen molar-refractivity contribution in [3.63, 3.8) is 0 Å². The summed E-state index contributed by atoms with van der Waals surface area (Å²) >= 11 is 7.91. The van der Waals surface area contributed by atoms with Crippen molar-refractivity contribution in [2.75, 3.05) is 6.54 Å². The van der Waals surface area contributed by atoms with E-state index in [0.29, 0.717) is 23.7 Å². The monoisotopic (exact) mass is 401 g/mol. The molecule has 1 aliphatic heterocycles. The molecule has 2 heterocycles. The van der Waals surface area contributed by atoms with Gasteiger partial charge in [0.05, 0.1) is 16.4 Å². The van der Waals surface area contributed by atoms with Gasteiger partial charge in [0, 0.05) is 22.4 Å². The van der Waals surface area contributed by atoms with Crippen LogP contribution in [0.5, 0.6) is 5.75 Å². The maximum absolute atomic E-state index is 12.2. The van der Waals surface area contributed by atoms with Gasteiger partial charge in [-0.15, -0.1) is 11.3 Å². The van der Waals surface area contributed by atoms with Gasteiger partial charge in [-0.3, -0.25) is 9.59 Å². The third-order valence-corrected chi connectivity index (χ3v) is 6.43. The van der Waals surface area contributed by atoms with Crippen LogP contribution in [0.2, 0.25) is 5.02 Å². The molecule has 0 spiro atoms. The number of ether oxygens (including phenoxy) is 1. The van der Waals surface area contributed by atoms with Crippen LogP contribution in [0.3, 0.4) is 0 Å². The summed E-state index contributed by atoms with van der Waals surface area (Å²) in [5, 5.41) is 3.53. The predicted octanol–water partition coefficient (Wildman–Crippen LogP) is 4.80. The summed E-state index contributed by atoms with van der Waals surface area (Å²) in [6, 6.07) is 7.73. The molecule has 4 rings (SSSR count). The average Bonchev–Trinajstić information content (AvgIpc) is 3.39. The molecule has 1 amide bonds. The van der Waals surface area contributed by atoms with E-state index in [4.69, 9.17) is 16.3 Å². The van der Waals surface area contributed by atoms with Crippen molar-refractivity contribution in [1.82, 2.24) is 5.32 Å². The topological polar surface area (TPSA) is 55.4 Å². The average molecular weight is 402 g/mol. The fourth-order valence-corrected chi connectivity index (χ4v) is 4.70. The van der Waals surface area contributed by atoms with Gasteiger partial charge in [-0.2, -0.15) is 0 Å². The highest BCUT2D eigenvalue weighted by Crippen LogP contribution is 2.41. The van der Waals surface area contributed by atoms with Crippen LogP contribution in [0.4, 0.5) is 0 Å². The number of benzene rings is 1. The van der Waals surface area contributed by atoms with Gasteiger partial charge in [0.25, 0.3) is 0 Å². The highest BCUT2D eigenvalue weighted by atomic mass is 35.5. The lowest BCUT2D eigenvalue weighted by Crippen LogP contribution is -2.35. The molecule has 27 heavy (non-hydrogen) atoms. The number of fused-ring (bicyclic) bond motifs is 1. The predicted molar refractivity (Wildman–Crippen MR) is 108 cm³/mol. The summed E-state index contributed by atoms with van der Waals surface area (Å²) in [6.45, 7) is 2.03. The van der Waals surface area contributed by atoms with Gasteiger partial charge in [0.15, 0.2) is 5.78 Å². The van der Waals surface area contributed by atoms with Crippen LogP contribution < -0.4 is 10.1 Å². The fraction of sp³-hybridized carbons (Fsp3) is 0.333. The van der Waals surface area contributed by atoms with E-state index in [1.807, 2.05) is 24.3 Å². The van der Waals surface area contributed by atoms with E-state index in [1.165, 1.54) is 11.3 Å². The Morgan fingerprint density at radius 1 is 1.33 bits per heavy atom. The first kappa shape index (κ1) is 18.3. The molecule has 4 nitrogen and oxygen atoms in total. The summed E-state index contributed by atoms with van der Waals surface area (Å²) in [5.74, 6) is 0.771. The Bertz CT molecular complexity index is 947. The largest absolute Gasteiger partial charge is 0.486 e. The van der Waals surface area contributed by atoms with Gasteiger partial charge in [-0.1, -0.05) is 17.7 Å². The number of carbonyl (C=O) groups is 2. The number of carbonyl (C=O) groups excluding carboxylic acids is 2. The molecular formula is C21H20ClNO3S. The second-order valence-electron chi connectivity index (χ2n) is 6.94. The number of hydrogen-bond donors (Lipinski definition) is 1. The summed E-state index contributed by atoms with van der Waals surface area (Å²) in [6.07, 6.45) is 5.50. The molecule has 0 bridgehead atoms. The Kier molecular flexibility index (Phi) is 5.06. The van der Waals surface area contributed by atoms with Crippen LogP contribution in [0.15, 0.2) is 35.9 Å². The molecule has 140 valence electrons. The molecular weight excluding hydrogens is 382 g/mol. The van der Waals surface area contributed by atoms with Gasteiger partial charge in [-0.25, -0.2) is 0 Å². The maximum atomic E-state index is 12.2. The van der Waals surface area contributed by atoms with Crippen molar-refractivity contribution in [2.45, 2.75) is 38.7 Å². The smallest absolute Gasteiger partial charge is 0.247 e. The first-order chi connectivity index (χ1) is 13.0. The number of ketones is 1. The minimum atomic E-state index is -0.116. The summed E-state index contributed by atoms with van der Waals surface area (Å²) < 4.78 is 5.97. The van der Waals surface area contributed by atoms with Crippen LogP contribution in [0.25, 0.3) is 10.4 Å². The molecule has 0 radical (unpaired) electrons. The van der Waals surface area contributed by atoms with Crippen LogP contribution >= 0.6 is 22.9 Å². The van der Waals surface area contributed by atoms with E-state index < -0.39 is 0 Å². The first-order valence-corrected chi connectivity index (χ1v) is 10.3. The number of rotatable bonds is 5. The molecule has 1 aromatic carbocycles. The van der Waals surface area contributed by atoms with Crippen LogP contribution in [-0.2, 0) is 11.2 Å². The van der Waals surface area contributed by atoms with Crippen LogP contribution in [0.1, 0.15) is 41.4 Å². The number of nitrogens with one attached hydrogen (secondary N) is 1. The molecule has 1 N–H and O–H groups in total. The van der Waals surface area contributed by atoms with Crippen molar-refractivity contribution in [1.29, 1.82) is 0 Å². The summed E-state index contributed by atoms with van der Waals surface area (Å²) in [4.78, 5) is 25.4. The first-order valence-electron chi connectivity index (χ1n) is 9.08.